The molecular formula is C18H16ClNO3. The summed E-state index contributed by atoms with van der Waals surface area (Å²) in [5.41, 5.74) is 2.50. The lowest BCUT2D eigenvalue weighted by Gasteiger charge is -2.06. The van der Waals surface area contributed by atoms with Crippen molar-refractivity contribution < 1.29 is 14.3 Å². The van der Waals surface area contributed by atoms with E-state index in [9.17, 15) is 9.59 Å². The van der Waals surface area contributed by atoms with Gasteiger partial charge in [-0.25, -0.2) is 4.79 Å². The Kier molecular flexibility index (Phi) is 5.94. The summed E-state index contributed by atoms with van der Waals surface area (Å²) in [6.07, 6.45) is 2.92. The van der Waals surface area contributed by atoms with Crippen LogP contribution in [0.4, 0.5) is 5.69 Å². The van der Waals surface area contributed by atoms with Crippen molar-refractivity contribution in [2.75, 3.05) is 11.9 Å². The first-order valence-electron chi connectivity index (χ1n) is 7.00. The van der Waals surface area contributed by atoms with Gasteiger partial charge in [-0.3, -0.25) is 4.79 Å². The molecule has 0 bridgehead atoms. The van der Waals surface area contributed by atoms with Crippen molar-refractivity contribution in [3.8, 4) is 0 Å². The van der Waals surface area contributed by atoms with Crippen LogP contribution in [-0.2, 0) is 14.3 Å². The molecule has 5 heteroatoms. The third-order valence-corrected chi connectivity index (χ3v) is 3.31. The third kappa shape index (κ3) is 5.60. The molecule has 23 heavy (non-hydrogen) atoms. The molecule has 2 aromatic carbocycles. The molecule has 1 amide bonds. The van der Waals surface area contributed by atoms with E-state index in [0.717, 1.165) is 11.1 Å². The monoisotopic (exact) mass is 329 g/mol. The number of rotatable bonds is 5. The molecule has 2 rings (SSSR count). The van der Waals surface area contributed by atoms with Crippen LogP contribution in [0.25, 0.3) is 6.08 Å². The van der Waals surface area contributed by atoms with Crippen LogP contribution in [0.3, 0.4) is 0 Å². The van der Waals surface area contributed by atoms with E-state index in [1.807, 2.05) is 31.2 Å². The van der Waals surface area contributed by atoms with Crippen LogP contribution < -0.4 is 5.32 Å². The minimum Gasteiger partial charge on any atom is -0.452 e. The SMILES string of the molecule is Cc1ccc(/C=C/C(=O)OCC(=O)Nc2ccccc2Cl)cc1. The molecule has 0 radical (unpaired) electrons. The van der Waals surface area contributed by atoms with Gasteiger partial charge in [0.15, 0.2) is 6.61 Å². The van der Waals surface area contributed by atoms with Crippen LogP contribution in [0.2, 0.25) is 5.02 Å². The maximum absolute atomic E-state index is 11.7. The Morgan fingerprint density at radius 2 is 1.83 bits per heavy atom. The molecule has 0 saturated heterocycles. The van der Waals surface area contributed by atoms with Crippen molar-refractivity contribution >= 4 is 35.2 Å². The minimum absolute atomic E-state index is 0.373. The first-order valence-corrected chi connectivity index (χ1v) is 7.38. The molecule has 0 aliphatic heterocycles. The van der Waals surface area contributed by atoms with Gasteiger partial charge in [0.05, 0.1) is 10.7 Å². The normalized spacial score (nSPS) is 10.5. The summed E-state index contributed by atoms with van der Waals surface area (Å²) >= 11 is 5.93. The third-order valence-electron chi connectivity index (χ3n) is 2.98. The summed E-state index contributed by atoms with van der Waals surface area (Å²) in [5, 5.41) is 3.00. The van der Waals surface area contributed by atoms with Gasteiger partial charge in [-0.15, -0.1) is 0 Å². The number of benzene rings is 2. The highest BCUT2D eigenvalue weighted by Gasteiger charge is 2.07. The van der Waals surface area contributed by atoms with Crippen LogP contribution in [0.15, 0.2) is 54.6 Å². The average molecular weight is 330 g/mol. The number of para-hydroxylation sites is 1. The lowest BCUT2D eigenvalue weighted by atomic mass is 10.1. The van der Waals surface area contributed by atoms with E-state index in [1.54, 1.807) is 30.3 Å². The molecule has 0 atom stereocenters. The summed E-state index contributed by atoms with van der Waals surface area (Å²) in [5.74, 6) is -1.03. The minimum atomic E-state index is -0.583. The quantitative estimate of drug-likeness (QED) is 0.669. The molecule has 0 heterocycles. The van der Waals surface area contributed by atoms with Gasteiger partial charge >= 0.3 is 5.97 Å². The van der Waals surface area contributed by atoms with Crippen molar-refractivity contribution in [2.24, 2.45) is 0 Å². The molecule has 4 nitrogen and oxygen atoms in total. The van der Waals surface area contributed by atoms with E-state index in [0.29, 0.717) is 10.7 Å². The topological polar surface area (TPSA) is 55.4 Å². The first kappa shape index (κ1) is 16.8. The summed E-state index contributed by atoms with van der Waals surface area (Å²) in [6, 6.07) is 14.5. The van der Waals surface area contributed by atoms with E-state index in [1.165, 1.54) is 6.08 Å². The number of hydrogen-bond acceptors (Lipinski definition) is 3. The second-order valence-corrected chi connectivity index (χ2v) is 5.29. The molecule has 1 N–H and O–H groups in total. The highest BCUT2D eigenvalue weighted by Crippen LogP contribution is 2.20. The highest BCUT2D eigenvalue weighted by molar-refractivity contribution is 6.33. The van der Waals surface area contributed by atoms with Gasteiger partial charge in [-0.1, -0.05) is 53.6 Å². The largest absolute Gasteiger partial charge is 0.452 e. The standard InChI is InChI=1S/C18H16ClNO3/c1-13-6-8-14(9-7-13)10-11-18(22)23-12-17(21)20-16-5-3-2-4-15(16)19/h2-11H,12H2,1H3,(H,20,21)/b11-10+. The summed E-state index contributed by atoms with van der Waals surface area (Å²) in [4.78, 5) is 23.3. The van der Waals surface area contributed by atoms with Crippen LogP contribution >= 0.6 is 11.6 Å². The Balaban J connectivity index is 1.81. The van der Waals surface area contributed by atoms with E-state index in [4.69, 9.17) is 16.3 Å². The van der Waals surface area contributed by atoms with E-state index in [-0.39, 0.29) is 6.61 Å². The number of hydrogen-bond donors (Lipinski definition) is 1. The Labute approximate surface area is 139 Å². The zero-order chi connectivity index (χ0) is 16.7. The molecular weight excluding hydrogens is 314 g/mol. The van der Waals surface area contributed by atoms with Gasteiger partial charge in [0.1, 0.15) is 0 Å². The number of anilines is 1. The fraction of sp³-hybridized carbons (Fsp3) is 0.111. The van der Waals surface area contributed by atoms with Crippen molar-refractivity contribution in [3.63, 3.8) is 0 Å². The van der Waals surface area contributed by atoms with Gasteiger partial charge in [0, 0.05) is 6.08 Å². The summed E-state index contributed by atoms with van der Waals surface area (Å²) in [7, 11) is 0. The Morgan fingerprint density at radius 1 is 1.13 bits per heavy atom. The number of aryl methyl sites for hydroxylation is 1. The Morgan fingerprint density at radius 3 is 2.52 bits per heavy atom. The molecule has 0 saturated carbocycles. The Bertz CT molecular complexity index is 723. The second kappa shape index (κ2) is 8.15. The molecule has 0 spiro atoms. The molecule has 118 valence electrons. The van der Waals surface area contributed by atoms with Gasteiger partial charge in [0.2, 0.25) is 0 Å². The zero-order valence-electron chi connectivity index (χ0n) is 12.6. The maximum atomic E-state index is 11.7. The van der Waals surface area contributed by atoms with Crippen molar-refractivity contribution in [1.82, 2.24) is 0 Å². The molecule has 0 aliphatic carbocycles. The van der Waals surface area contributed by atoms with Gasteiger partial charge in [-0.05, 0) is 30.7 Å². The van der Waals surface area contributed by atoms with Crippen LogP contribution in [0.5, 0.6) is 0 Å². The number of esters is 1. The van der Waals surface area contributed by atoms with Crippen molar-refractivity contribution in [1.29, 1.82) is 0 Å². The van der Waals surface area contributed by atoms with Crippen LogP contribution in [0.1, 0.15) is 11.1 Å². The van der Waals surface area contributed by atoms with E-state index in [2.05, 4.69) is 5.32 Å². The van der Waals surface area contributed by atoms with Crippen LogP contribution in [0, 0.1) is 6.92 Å². The summed E-state index contributed by atoms with van der Waals surface area (Å²) < 4.78 is 4.88. The fourth-order valence-corrected chi connectivity index (χ4v) is 1.96. The van der Waals surface area contributed by atoms with Crippen molar-refractivity contribution in [2.45, 2.75) is 6.92 Å². The van der Waals surface area contributed by atoms with Crippen LogP contribution in [-0.4, -0.2) is 18.5 Å². The van der Waals surface area contributed by atoms with Gasteiger partial charge < -0.3 is 10.1 Å². The number of nitrogens with one attached hydrogen (secondary N) is 1. The first-order chi connectivity index (χ1) is 11.0. The summed E-state index contributed by atoms with van der Waals surface area (Å²) in [6.45, 7) is 1.61. The molecule has 0 fully saturated rings. The number of amides is 1. The number of carbonyl (C=O) groups excluding carboxylic acids is 2. The van der Waals surface area contributed by atoms with Crippen molar-refractivity contribution in [3.05, 3.63) is 70.8 Å². The highest BCUT2D eigenvalue weighted by atomic mass is 35.5. The lowest BCUT2D eigenvalue weighted by Crippen LogP contribution is -2.20. The lowest BCUT2D eigenvalue weighted by molar-refractivity contribution is -0.142. The van der Waals surface area contributed by atoms with Gasteiger partial charge in [-0.2, -0.15) is 0 Å². The smallest absolute Gasteiger partial charge is 0.331 e. The molecule has 2 aromatic rings. The maximum Gasteiger partial charge on any atom is 0.331 e. The van der Waals surface area contributed by atoms with E-state index >= 15 is 0 Å². The average Bonchev–Trinajstić information content (AvgIpc) is 2.54. The molecule has 0 aliphatic rings. The number of carbonyl (C=O) groups is 2. The number of halogens is 1. The molecule has 0 aromatic heterocycles. The predicted molar refractivity (Wildman–Crippen MR) is 91.3 cm³/mol. The Hall–Kier alpha value is -2.59. The van der Waals surface area contributed by atoms with E-state index < -0.39 is 11.9 Å². The number of ether oxygens (including phenoxy) is 1. The van der Waals surface area contributed by atoms with Gasteiger partial charge in [0.25, 0.3) is 5.91 Å². The second-order valence-electron chi connectivity index (χ2n) is 4.88. The zero-order valence-corrected chi connectivity index (χ0v) is 13.3. The molecule has 0 unspecified atom stereocenters. The predicted octanol–water partition coefficient (Wildman–Crippen LogP) is 3.84. The fourth-order valence-electron chi connectivity index (χ4n) is 1.78.